The Bertz CT molecular complexity index is 1090. The number of carbonyl (C=O) groups excluding carboxylic acids is 1. The first-order valence-corrected chi connectivity index (χ1v) is 12.2. The number of amides is 2. The molecule has 1 aliphatic rings. The van der Waals surface area contributed by atoms with Gasteiger partial charge in [0.1, 0.15) is 10.5 Å². The molecule has 2 aromatic rings. The lowest BCUT2D eigenvalue weighted by molar-refractivity contribution is -0.274. The fraction of sp³-hybridized carbons (Fsp3) is 0.440. The molecule has 2 aromatic carbocycles. The van der Waals surface area contributed by atoms with Crippen LogP contribution < -0.4 is 15.0 Å². The number of anilines is 2. The van der Waals surface area contributed by atoms with Crippen LogP contribution in [0.1, 0.15) is 31.9 Å². The highest BCUT2D eigenvalue weighted by Crippen LogP contribution is 2.39. The van der Waals surface area contributed by atoms with Crippen LogP contribution in [0.2, 0.25) is 0 Å². The van der Waals surface area contributed by atoms with Gasteiger partial charge in [0, 0.05) is 36.7 Å². The average molecular weight is 527 g/mol. The zero-order valence-electron chi connectivity index (χ0n) is 20.4. The molecule has 0 radical (unpaired) electrons. The molecule has 0 saturated carbocycles. The van der Waals surface area contributed by atoms with Crippen molar-refractivity contribution in [3.8, 4) is 5.75 Å². The summed E-state index contributed by atoms with van der Waals surface area (Å²) < 4.78 is 45.7. The lowest BCUT2D eigenvalue weighted by Gasteiger charge is -2.36. The third kappa shape index (κ3) is 6.85. The maximum Gasteiger partial charge on any atom is 0.573 e. The molecule has 7 nitrogen and oxygen atoms in total. The maximum absolute atomic E-state index is 12.9. The second kappa shape index (κ2) is 11.0. The minimum atomic E-state index is -4.79. The minimum Gasteiger partial charge on any atom is -0.480 e. The van der Waals surface area contributed by atoms with Crippen LogP contribution in [0.4, 0.5) is 29.3 Å². The van der Waals surface area contributed by atoms with Gasteiger partial charge < -0.3 is 19.9 Å². The molecule has 0 aliphatic heterocycles. The zero-order valence-corrected chi connectivity index (χ0v) is 21.2. The summed E-state index contributed by atoms with van der Waals surface area (Å²) in [6.07, 6.45) is -3.76. The zero-order chi connectivity index (χ0) is 26.7. The molecule has 0 aromatic heterocycles. The lowest BCUT2D eigenvalue weighted by Crippen LogP contribution is -2.40. The number of thioether (sulfide) groups is 1. The number of alkyl halides is 3. The monoisotopic (exact) mass is 526 g/mol. The number of hydrogen-bond acceptors (Lipinski definition) is 5. The van der Waals surface area contributed by atoms with Crippen molar-refractivity contribution in [2.75, 3.05) is 23.9 Å². The van der Waals surface area contributed by atoms with E-state index < -0.39 is 23.1 Å². The molecule has 1 aliphatic carbocycles. The van der Waals surface area contributed by atoms with E-state index >= 15 is 0 Å². The Balaban J connectivity index is 1.74. The van der Waals surface area contributed by atoms with Crippen LogP contribution in [-0.2, 0) is 22.4 Å². The van der Waals surface area contributed by atoms with Crippen LogP contribution in [0.5, 0.6) is 5.75 Å². The SMILES string of the molecule is CCN(C(=O)Nc1ccc(OC(F)(F)F)cc1)c1ccc2c(c1)CC(OC)C(SC(C)(C)C(=O)O)C2. The summed E-state index contributed by atoms with van der Waals surface area (Å²) in [7, 11) is 1.61. The van der Waals surface area contributed by atoms with E-state index in [1.165, 1.54) is 28.8 Å². The Morgan fingerprint density at radius 3 is 2.33 bits per heavy atom. The van der Waals surface area contributed by atoms with E-state index in [0.29, 0.717) is 30.8 Å². The topological polar surface area (TPSA) is 88.1 Å². The second-order valence-corrected chi connectivity index (χ2v) is 10.7. The van der Waals surface area contributed by atoms with E-state index in [0.717, 1.165) is 23.3 Å². The van der Waals surface area contributed by atoms with Crippen LogP contribution in [0.25, 0.3) is 0 Å². The number of carboxylic acid groups (broad SMARTS) is 1. The molecule has 0 bridgehead atoms. The third-order valence-corrected chi connectivity index (χ3v) is 7.46. The minimum absolute atomic E-state index is 0.0330. The van der Waals surface area contributed by atoms with Gasteiger partial charge in [-0.1, -0.05) is 6.07 Å². The van der Waals surface area contributed by atoms with Gasteiger partial charge in [-0.25, -0.2) is 4.79 Å². The molecule has 2 N–H and O–H groups in total. The van der Waals surface area contributed by atoms with Crippen molar-refractivity contribution in [3.05, 3.63) is 53.6 Å². The fourth-order valence-corrected chi connectivity index (χ4v) is 5.50. The number of carbonyl (C=O) groups is 2. The van der Waals surface area contributed by atoms with Gasteiger partial charge in [0.05, 0.1) is 6.10 Å². The molecule has 0 spiro atoms. The molecule has 2 amide bonds. The maximum atomic E-state index is 12.9. The van der Waals surface area contributed by atoms with E-state index in [-0.39, 0.29) is 17.1 Å². The van der Waals surface area contributed by atoms with Gasteiger partial charge in [0.25, 0.3) is 0 Å². The number of fused-ring (bicyclic) bond motifs is 1. The quantitative estimate of drug-likeness (QED) is 0.457. The normalized spacial score (nSPS) is 17.8. The fourth-order valence-electron chi connectivity index (χ4n) is 4.02. The van der Waals surface area contributed by atoms with Crippen LogP contribution >= 0.6 is 11.8 Å². The molecule has 2 atom stereocenters. The van der Waals surface area contributed by atoms with Gasteiger partial charge >= 0.3 is 18.4 Å². The van der Waals surface area contributed by atoms with E-state index in [4.69, 9.17) is 4.74 Å². The van der Waals surface area contributed by atoms with Crippen molar-refractivity contribution in [3.63, 3.8) is 0 Å². The molecule has 196 valence electrons. The van der Waals surface area contributed by atoms with Gasteiger partial charge in [0.2, 0.25) is 0 Å². The van der Waals surface area contributed by atoms with Crippen LogP contribution in [0.3, 0.4) is 0 Å². The van der Waals surface area contributed by atoms with Crippen LogP contribution in [-0.4, -0.2) is 53.2 Å². The Labute approximate surface area is 212 Å². The number of aliphatic carboxylic acids is 1. The number of urea groups is 1. The first kappa shape index (κ1) is 27.7. The number of ether oxygens (including phenoxy) is 2. The molecule has 0 fully saturated rings. The summed E-state index contributed by atoms with van der Waals surface area (Å²) in [4.78, 5) is 26.1. The first-order chi connectivity index (χ1) is 16.8. The molecule has 3 rings (SSSR count). The van der Waals surface area contributed by atoms with Gasteiger partial charge in [-0.3, -0.25) is 9.69 Å². The predicted octanol–water partition coefficient (Wildman–Crippen LogP) is 5.72. The molecular formula is C25H29F3N2O5S. The highest BCUT2D eigenvalue weighted by Gasteiger charge is 2.38. The summed E-state index contributed by atoms with van der Waals surface area (Å²) in [5.41, 5.74) is 3.08. The highest BCUT2D eigenvalue weighted by molar-refractivity contribution is 8.02. The van der Waals surface area contributed by atoms with Crippen LogP contribution in [0.15, 0.2) is 42.5 Å². The largest absolute Gasteiger partial charge is 0.573 e. The van der Waals surface area contributed by atoms with Crippen molar-refractivity contribution in [2.45, 2.75) is 56.1 Å². The third-order valence-electron chi connectivity index (χ3n) is 5.92. The summed E-state index contributed by atoms with van der Waals surface area (Å²) in [5, 5.41) is 12.2. The molecule has 11 heteroatoms. The van der Waals surface area contributed by atoms with E-state index in [2.05, 4.69) is 10.1 Å². The standard InChI is InChI=1S/C25H29F3N2O5S/c1-5-30(23(33)29-17-7-10-19(11-8-17)35-25(26,27)28)18-9-6-15-14-21(36-24(2,3)22(31)32)20(34-4)13-16(15)12-18/h6-12,20-21H,5,13-14H2,1-4H3,(H,29,33)(H,31,32). The summed E-state index contributed by atoms with van der Waals surface area (Å²) in [5.74, 6) is -1.26. The Morgan fingerprint density at radius 1 is 1.11 bits per heavy atom. The van der Waals surface area contributed by atoms with E-state index in [1.54, 1.807) is 21.0 Å². The molecule has 0 saturated heterocycles. The number of carboxylic acids is 1. The van der Waals surface area contributed by atoms with E-state index in [1.807, 2.05) is 25.1 Å². The second-order valence-electron chi connectivity index (χ2n) is 8.85. The van der Waals surface area contributed by atoms with Gasteiger partial charge in [-0.2, -0.15) is 0 Å². The van der Waals surface area contributed by atoms with Crippen LogP contribution in [0, 0.1) is 0 Å². The molecular weight excluding hydrogens is 497 g/mol. The van der Waals surface area contributed by atoms with Crippen molar-refractivity contribution in [1.82, 2.24) is 0 Å². The number of rotatable bonds is 8. The number of benzene rings is 2. The van der Waals surface area contributed by atoms with Gasteiger partial charge in [-0.05, 0) is 74.7 Å². The van der Waals surface area contributed by atoms with E-state index in [9.17, 15) is 27.9 Å². The summed E-state index contributed by atoms with van der Waals surface area (Å²) >= 11 is 1.38. The molecule has 36 heavy (non-hydrogen) atoms. The van der Waals surface area contributed by atoms with Crippen molar-refractivity contribution in [2.24, 2.45) is 0 Å². The van der Waals surface area contributed by atoms with Crippen molar-refractivity contribution < 1.29 is 37.3 Å². The smallest absolute Gasteiger partial charge is 0.480 e. The summed E-state index contributed by atoms with van der Waals surface area (Å²) in [6, 6.07) is 10.2. The Kier molecular flexibility index (Phi) is 8.45. The molecule has 2 unspecified atom stereocenters. The number of halogens is 3. The number of nitrogens with zero attached hydrogens (tertiary/aromatic N) is 1. The first-order valence-electron chi connectivity index (χ1n) is 11.3. The molecule has 0 heterocycles. The van der Waals surface area contributed by atoms with Crippen molar-refractivity contribution in [1.29, 1.82) is 0 Å². The number of hydrogen-bond donors (Lipinski definition) is 2. The van der Waals surface area contributed by atoms with Crippen molar-refractivity contribution >= 4 is 35.1 Å². The summed E-state index contributed by atoms with van der Waals surface area (Å²) in [6.45, 7) is 5.54. The Hall–Kier alpha value is -2.92. The van der Waals surface area contributed by atoms with Gasteiger partial charge in [-0.15, -0.1) is 24.9 Å². The highest BCUT2D eigenvalue weighted by atomic mass is 32.2. The number of nitrogens with one attached hydrogen (secondary N) is 1. The number of methoxy groups -OCH3 is 1. The lowest BCUT2D eigenvalue weighted by atomic mass is 9.88. The predicted molar refractivity (Wildman–Crippen MR) is 133 cm³/mol. The van der Waals surface area contributed by atoms with Gasteiger partial charge in [0.15, 0.2) is 0 Å². The average Bonchev–Trinajstić information content (AvgIpc) is 2.79. The Morgan fingerprint density at radius 2 is 1.78 bits per heavy atom.